The van der Waals surface area contributed by atoms with E-state index in [2.05, 4.69) is 5.32 Å². The SMILES string of the molecule is Cc1ccc(C(=O)CCC(=O)OCC(=O)NC(C)C(C)C)s1. The number of hydrogen-bond acceptors (Lipinski definition) is 5. The van der Waals surface area contributed by atoms with Crippen LogP contribution in [0.3, 0.4) is 0 Å². The van der Waals surface area contributed by atoms with Crippen LogP contribution in [0.1, 0.15) is 48.2 Å². The lowest BCUT2D eigenvalue weighted by Crippen LogP contribution is -2.38. The molecule has 1 N–H and O–H groups in total. The summed E-state index contributed by atoms with van der Waals surface area (Å²) < 4.78 is 4.88. The van der Waals surface area contributed by atoms with Gasteiger partial charge in [0, 0.05) is 17.3 Å². The number of esters is 1. The van der Waals surface area contributed by atoms with Gasteiger partial charge in [-0.15, -0.1) is 11.3 Å². The van der Waals surface area contributed by atoms with Crippen LogP contribution in [0.15, 0.2) is 12.1 Å². The van der Waals surface area contributed by atoms with Crippen LogP contribution in [0.5, 0.6) is 0 Å². The first-order chi connectivity index (χ1) is 10.3. The molecule has 122 valence electrons. The number of amides is 1. The van der Waals surface area contributed by atoms with Crippen LogP contribution in [0, 0.1) is 12.8 Å². The number of rotatable bonds is 8. The third kappa shape index (κ3) is 6.39. The summed E-state index contributed by atoms with van der Waals surface area (Å²) in [5.74, 6) is -0.622. The van der Waals surface area contributed by atoms with Gasteiger partial charge in [-0.1, -0.05) is 13.8 Å². The summed E-state index contributed by atoms with van der Waals surface area (Å²) in [4.78, 5) is 36.7. The zero-order valence-electron chi connectivity index (χ0n) is 13.5. The fourth-order valence-corrected chi connectivity index (χ4v) is 2.44. The Morgan fingerprint density at radius 2 is 1.86 bits per heavy atom. The highest BCUT2D eigenvalue weighted by atomic mass is 32.1. The highest BCUT2D eigenvalue weighted by Crippen LogP contribution is 2.17. The quantitative estimate of drug-likeness (QED) is 0.589. The Morgan fingerprint density at radius 1 is 1.18 bits per heavy atom. The number of ketones is 1. The van der Waals surface area contributed by atoms with Crippen molar-refractivity contribution in [3.8, 4) is 0 Å². The molecule has 1 unspecified atom stereocenters. The van der Waals surface area contributed by atoms with E-state index in [1.165, 1.54) is 11.3 Å². The normalized spacial score (nSPS) is 12.0. The summed E-state index contributed by atoms with van der Waals surface area (Å²) in [5, 5.41) is 2.75. The smallest absolute Gasteiger partial charge is 0.306 e. The molecule has 1 atom stereocenters. The fraction of sp³-hybridized carbons (Fsp3) is 0.562. The average Bonchev–Trinajstić information content (AvgIpc) is 2.89. The first-order valence-corrected chi connectivity index (χ1v) is 8.16. The summed E-state index contributed by atoms with van der Waals surface area (Å²) >= 11 is 1.41. The number of carbonyl (C=O) groups is 3. The second-order valence-corrected chi connectivity index (χ2v) is 6.88. The Bertz CT molecular complexity index is 536. The minimum absolute atomic E-state index is 0.0111. The predicted molar refractivity (Wildman–Crippen MR) is 86.0 cm³/mol. The molecular weight excluding hydrogens is 302 g/mol. The highest BCUT2D eigenvalue weighted by Gasteiger charge is 2.15. The fourth-order valence-electron chi connectivity index (χ4n) is 1.60. The van der Waals surface area contributed by atoms with Gasteiger partial charge in [-0.3, -0.25) is 14.4 Å². The van der Waals surface area contributed by atoms with Crippen LogP contribution < -0.4 is 5.32 Å². The van der Waals surface area contributed by atoms with Gasteiger partial charge in [0.1, 0.15) is 0 Å². The van der Waals surface area contributed by atoms with E-state index in [9.17, 15) is 14.4 Å². The number of ether oxygens (including phenoxy) is 1. The van der Waals surface area contributed by atoms with Crippen molar-refractivity contribution >= 4 is 29.0 Å². The Labute approximate surface area is 135 Å². The first kappa shape index (κ1) is 18.4. The molecule has 0 aromatic carbocycles. The van der Waals surface area contributed by atoms with Gasteiger partial charge in [0.05, 0.1) is 11.3 Å². The summed E-state index contributed by atoms with van der Waals surface area (Å²) in [7, 11) is 0. The van der Waals surface area contributed by atoms with E-state index < -0.39 is 5.97 Å². The number of carbonyl (C=O) groups excluding carboxylic acids is 3. The highest BCUT2D eigenvalue weighted by molar-refractivity contribution is 7.14. The van der Waals surface area contributed by atoms with Gasteiger partial charge in [0.2, 0.25) is 0 Å². The Morgan fingerprint density at radius 3 is 2.41 bits per heavy atom. The van der Waals surface area contributed by atoms with Crippen molar-refractivity contribution in [2.75, 3.05) is 6.61 Å². The average molecular weight is 325 g/mol. The maximum Gasteiger partial charge on any atom is 0.306 e. The van der Waals surface area contributed by atoms with Gasteiger partial charge >= 0.3 is 5.97 Å². The van der Waals surface area contributed by atoms with Gasteiger partial charge in [0.25, 0.3) is 5.91 Å². The van der Waals surface area contributed by atoms with Crippen molar-refractivity contribution in [3.63, 3.8) is 0 Å². The predicted octanol–water partition coefficient (Wildman–Crippen LogP) is 2.72. The van der Waals surface area contributed by atoms with Crippen molar-refractivity contribution in [1.29, 1.82) is 0 Å². The molecule has 22 heavy (non-hydrogen) atoms. The first-order valence-electron chi connectivity index (χ1n) is 7.34. The number of hydrogen-bond donors (Lipinski definition) is 1. The molecule has 1 amide bonds. The van der Waals surface area contributed by atoms with Gasteiger partial charge in [-0.05, 0) is 31.9 Å². The molecular formula is C16H23NO4S. The minimum atomic E-state index is -0.533. The van der Waals surface area contributed by atoms with Crippen LogP contribution in [-0.4, -0.2) is 30.3 Å². The maximum atomic E-state index is 11.8. The molecule has 6 heteroatoms. The van der Waals surface area contributed by atoms with E-state index in [0.717, 1.165) is 4.88 Å². The number of thiophene rings is 1. The number of aryl methyl sites for hydroxylation is 1. The van der Waals surface area contributed by atoms with E-state index in [1.54, 1.807) is 6.07 Å². The third-order valence-corrected chi connectivity index (χ3v) is 4.37. The third-order valence-electron chi connectivity index (χ3n) is 3.32. The largest absolute Gasteiger partial charge is 0.456 e. The molecule has 1 heterocycles. The Hall–Kier alpha value is -1.69. The van der Waals surface area contributed by atoms with Crippen LogP contribution in [0.25, 0.3) is 0 Å². The molecule has 0 radical (unpaired) electrons. The van der Waals surface area contributed by atoms with Gasteiger partial charge in [-0.25, -0.2) is 0 Å². The topological polar surface area (TPSA) is 72.5 Å². The van der Waals surface area contributed by atoms with Crippen molar-refractivity contribution in [2.45, 2.75) is 46.6 Å². The molecule has 1 aromatic heterocycles. The molecule has 0 aliphatic carbocycles. The van der Waals surface area contributed by atoms with Crippen LogP contribution in [0.4, 0.5) is 0 Å². The van der Waals surface area contributed by atoms with Gasteiger partial charge < -0.3 is 10.1 Å². The molecule has 0 aliphatic rings. The van der Waals surface area contributed by atoms with Crippen molar-refractivity contribution in [2.24, 2.45) is 5.92 Å². The molecule has 1 aromatic rings. The Kier molecular flexibility index (Phi) is 7.24. The maximum absolute atomic E-state index is 11.8. The lowest BCUT2D eigenvalue weighted by atomic mass is 10.1. The van der Waals surface area contributed by atoms with Crippen molar-refractivity contribution in [1.82, 2.24) is 5.32 Å². The zero-order chi connectivity index (χ0) is 16.7. The monoisotopic (exact) mass is 325 g/mol. The molecule has 0 spiro atoms. The van der Waals surface area contributed by atoms with E-state index in [4.69, 9.17) is 4.74 Å². The molecule has 5 nitrogen and oxygen atoms in total. The summed E-state index contributed by atoms with van der Waals surface area (Å²) in [6.07, 6.45) is 0.0889. The van der Waals surface area contributed by atoms with Crippen molar-refractivity contribution < 1.29 is 19.1 Å². The number of Topliss-reactive ketones (excluding diaryl/α,β-unsaturated/α-hetero) is 1. The van der Waals surface area contributed by atoms with E-state index in [-0.39, 0.29) is 37.2 Å². The second-order valence-electron chi connectivity index (χ2n) is 5.59. The zero-order valence-corrected chi connectivity index (χ0v) is 14.3. The summed E-state index contributed by atoms with van der Waals surface area (Å²) in [6.45, 7) is 7.50. The molecule has 0 saturated carbocycles. The molecule has 0 bridgehead atoms. The standard InChI is InChI=1S/C16H23NO4S/c1-10(2)12(4)17-15(19)9-21-16(20)8-6-13(18)14-7-5-11(3)22-14/h5,7,10,12H,6,8-9H2,1-4H3,(H,17,19). The lowest BCUT2D eigenvalue weighted by molar-refractivity contribution is -0.148. The minimum Gasteiger partial charge on any atom is -0.456 e. The second kappa shape index (κ2) is 8.68. The molecule has 0 saturated heterocycles. The van der Waals surface area contributed by atoms with Crippen molar-refractivity contribution in [3.05, 3.63) is 21.9 Å². The van der Waals surface area contributed by atoms with Gasteiger partial charge in [-0.2, -0.15) is 0 Å². The van der Waals surface area contributed by atoms with Crippen LogP contribution in [0.2, 0.25) is 0 Å². The van der Waals surface area contributed by atoms with E-state index >= 15 is 0 Å². The van der Waals surface area contributed by atoms with Gasteiger partial charge in [0.15, 0.2) is 12.4 Å². The van der Waals surface area contributed by atoms with Crippen LogP contribution >= 0.6 is 11.3 Å². The van der Waals surface area contributed by atoms with E-state index in [1.807, 2.05) is 33.8 Å². The summed E-state index contributed by atoms with van der Waals surface area (Å²) in [5.41, 5.74) is 0. The molecule has 0 fully saturated rings. The molecule has 1 rings (SSSR count). The van der Waals surface area contributed by atoms with Crippen LogP contribution in [-0.2, 0) is 14.3 Å². The number of nitrogens with one attached hydrogen (secondary N) is 1. The lowest BCUT2D eigenvalue weighted by Gasteiger charge is -2.17. The summed E-state index contributed by atoms with van der Waals surface area (Å²) in [6, 6.07) is 3.65. The Balaban J connectivity index is 2.26. The molecule has 0 aliphatic heterocycles. The van der Waals surface area contributed by atoms with E-state index in [0.29, 0.717) is 10.8 Å².